The SMILES string of the molecule is C[C@@H]1CN2C(=O)c3c(O)c(=O)c(C(=O)NCc4cccc(Cl)c4F)c4n3C(CC4)C2O1.C[C@H]1CN2C(=O)c3c(O)c(=O)c(C(=O)NCc4cccc(Cl)c4F)c4n3C(CC4)C2O1. The second kappa shape index (κ2) is 15.5. The van der Waals surface area contributed by atoms with Gasteiger partial charge in [0.25, 0.3) is 23.6 Å². The maximum atomic E-state index is 14.1. The van der Waals surface area contributed by atoms with Crippen molar-refractivity contribution in [3.8, 4) is 11.5 Å². The van der Waals surface area contributed by atoms with Gasteiger partial charge in [-0.3, -0.25) is 28.8 Å². The number of nitrogens with one attached hydrogen (secondary N) is 2. The molecule has 0 bridgehead atoms. The highest BCUT2D eigenvalue weighted by molar-refractivity contribution is 6.31. The summed E-state index contributed by atoms with van der Waals surface area (Å²) in [7, 11) is 0. The molecule has 2 saturated heterocycles. The Morgan fingerprint density at radius 1 is 0.694 bits per heavy atom. The van der Waals surface area contributed by atoms with E-state index in [4.69, 9.17) is 32.7 Å². The molecule has 0 saturated carbocycles. The molecule has 4 N–H and O–H groups in total. The van der Waals surface area contributed by atoms with Crippen LogP contribution in [0.1, 0.15) is 103 Å². The van der Waals surface area contributed by atoms with E-state index in [1.165, 1.54) is 34.1 Å². The third kappa shape index (κ3) is 6.45. The second-order valence-electron chi connectivity index (χ2n) is 16.0. The number of carbonyl (C=O) groups excluding carboxylic acids is 4. The van der Waals surface area contributed by atoms with Gasteiger partial charge in [-0.05, 0) is 51.7 Å². The van der Waals surface area contributed by atoms with Crippen molar-refractivity contribution in [3.63, 3.8) is 0 Å². The Morgan fingerprint density at radius 3 is 1.47 bits per heavy atom. The number of rotatable bonds is 6. The fourth-order valence-electron chi connectivity index (χ4n) is 9.55. The minimum Gasteiger partial charge on any atom is -0.503 e. The van der Waals surface area contributed by atoms with E-state index in [2.05, 4.69) is 10.6 Å². The molecule has 20 heteroatoms. The van der Waals surface area contributed by atoms with Crippen LogP contribution in [0.4, 0.5) is 8.78 Å². The molecule has 4 unspecified atom stereocenters. The van der Waals surface area contributed by atoms with E-state index in [1.54, 1.807) is 21.3 Å². The summed E-state index contributed by atoms with van der Waals surface area (Å²) in [6.07, 6.45) is 0.507. The number of nitrogens with zero attached hydrogens (tertiary/aromatic N) is 4. The van der Waals surface area contributed by atoms with E-state index in [0.717, 1.165) is 0 Å². The van der Waals surface area contributed by atoms with Gasteiger partial charge in [-0.1, -0.05) is 47.5 Å². The first kappa shape index (κ1) is 41.5. The van der Waals surface area contributed by atoms with Crippen molar-refractivity contribution < 1.29 is 47.6 Å². The lowest BCUT2D eigenvalue weighted by Gasteiger charge is -2.36. The number of pyridine rings is 2. The summed E-state index contributed by atoms with van der Waals surface area (Å²) in [4.78, 5) is 80.6. The molecule has 2 aromatic heterocycles. The Hall–Kier alpha value is -5.82. The quantitative estimate of drug-likeness (QED) is 0.220. The summed E-state index contributed by atoms with van der Waals surface area (Å²) in [6, 6.07) is 8.24. The Balaban J connectivity index is 0.000000158. The summed E-state index contributed by atoms with van der Waals surface area (Å²) in [5.74, 6) is -5.29. The molecule has 6 atom stereocenters. The average molecular weight is 896 g/mol. The van der Waals surface area contributed by atoms with Gasteiger partial charge in [0.05, 0.1) is 34.3 Å². The maximum Gasteiger partial charge on any atom is 0.276 e. The van der Waals surface area contributed by atoms with Crippen LogP contribution in [0.5, 0.6) is 11.5 Å². The molecular weight excluding hydrogens is 857 g/mol. The number of hydrogen-bond donors (Lipinski definition) is 4. The summed E-state index contributed by atoms with van der Waals surface area (Å²) in [6.45, 7) is 4.07. The number of halogens is 4. The monoisotopic (exact) mass is 894 g/mol. The lowest BCUT2D eigenvalue weighted by molar-refractivity contribution is -0.0313. The summed E-state index contributed by atoms with van der Waals surface area (Å²) in [5, 5.41) is 26.1. The molecule has 8 heterocycles. The standard InChI is InChI=1S/2C21H19ClFN3O5/c2*1-9-8-25-20(30)16-18(28)17(27)14(12-5-6-13(26(12)16)21(25)31-9)19(29)24-7-10-3-2-4-11(22)15(10)23/h2*2-4,9,13,21,28H,5-8H2,1H3,(H,24,29)/t2*9-,13?,21?/m10/s1. The predicted octanol–water partition coefficient (Wildman–Crippen LogP) is 3.93. The molecule has 10 rings (SSSR count). The van der Waals surface area contributed by atoms with E-state index in [1.807, 2.05) is 13.8 Å². The highest BCUT2D eigenvalue weighted by Crippen LogP contribution is 2.44. The molecule has 6 aliphatic heterocycles. The number of ether oxygens (including phenoxy) is 2. The molecule has 324 valence electrons. The van der Waals surface area contributed by atoms with Crippen molar-refractivity contribution in [1.29, 1.82) is 0 Å². The Labute approximate surface area is 360 Å². The molecule has 6 aliphatic rings. The first-order valence-corrected chi connectivity index (χ1v) is 20.7. The van der Waals surface area contributed by atoms with Crippen LogP contribution in [0.2, 0.25) is 10.0 Å². The van der Waals surface area contributed by atoms with Crippen molar-refractivity contribution >= 4 is 46.8 Å². The third-order valence-electron chi connectivity index (χ3n) is 12.2. The second-order valence-corrected chi connectivity index (χ2v) is 16.8. The third-order valence-corrected chi connectivity index (χ3v) is 12.8. The van der Waals surface area contributed by atoms with E-state index in [-0.39, 0.29) is 81.1 Å². The van der Waals surface area contributed by atoms with Gasteiger partial charge < -0.3 is 49.3 Å². The first-order chi connectivity index (χ1) is 29.6. The largest absolute Gasteiger partial charge is 0.503 e. The smallest absolute Gasteiger partial charge is 0.276 e. The van der Waals surface area contributed by atoms with Gasteiger partial charge in [0, 0.05) is 48.7 Å². The van der Waals surface area contributed by atoms with Gasteiger partial charge in [0.15, 0.2) is 35.3 Å². The zero-order valence-electron chi connectivity index (χ0n) is 33.0. The van der Waals surface area contributed by atoms with Crippen LogP contribution in [0.15, 0.2) is 46.0 Å². The molecule has 62 heavy (non-hydrogen) atoms. The molecule has 16 nitrogen and oxygen atoms in total. The minimum absolute atomic E-state index is 0.0754. The van der Waals surface area contributed by atoms with Gasteiger partial charge in [0.2, 0.25) is 10.9 Å². The van der Waals surface area contributed by atoms with Crippen molar-refractivity contribution in [2.45, 2.75) is 89.4 Å². The van der Waals surface area contributed by atoms with Crippen LogP contribution >= 0.6 is 23.2 Å². The van der Waals surface area contributed by atoms with E-state index in [0.29, 0.717) is 50.2 Å². The highest BCUT2D eigenvalue weighted by atomic mass is 35.5. The average Bonchev–Trinajstić information content (AvgIpc) is 4.05. The molecule has 2 aromatic carbocycles. The number of amides is 4. The zero-order chi connectivity index (χ0) is 44.0. The lowest BCUT2D eigenvalue weighted by atomic mass is 10.1. The Bertz CT molecular complexity index is 2580. The zero-order valence-corrected chi connectivity index (χ0v) is 34.6. The van der Waals surface area contributed by atoms with Crippen LogP contribution in [0.3, 0.4) is 0 Å². The van der Waals surface area contributed by atoms with Gasteiger partial charge in [-0.25, -0.2) is 8.78 Å². The Morgan fingerprint density at radius 2 is 1.08 bits per heavy atom. The molecule has 2 fully saturated rings. The minimum atomic E-state index is -0.911. The van der Waals surface area contributed by atoms with Crippen LogP contribution in [0, 0.1) is 11.6 Å². The number of carbonyl (C=O) groups is 4. The first-order valence-electron chi connectivity index (χ1n) is 19.9. The van der Waals surface area contributed by atoms with Crippen molar-refractivity contribution in [1.82, 2.24) is 29.6 Å². The number of benzene rings is 2. The van der Waals surface area contributed by atoms with Crippen LogP contribution in [-0.2, 0) is 35.4 Å². The number of aromatic hydroxyl groups is 2. The van der Waals surface area contributed by atoms with Crippen molar-refractivity contribution in [3.05, 3.63) is 124 Å². The predicted molar refractivity (Wildman–Crippen MR) is 215 cm³/mol. The van der Waals surface area contributed by atoms with E-state index < -0.39 is 70.1 Å². The highest BCUT2D eigenvalue weighted by Gasteiger charge is 2.52. The van der Waals surface area contributed by atoms with E-state index >= 15 is 0 Å². The molecule has 0 radical (unpaired) electrons. The van der Waals surface area contributed by atoms with Crippen LogP contribution in [-0.4, -0.2) is 90.5 Å². The van der Waals surface area contributed by atoms with E-state index in [9.17, 15) is 47.8 Å². The molecule has 0 spiro atoms. The fourth-order valence-corrected chi connectivity index (χ4v) is 9.94. The van der Waals surface area contributed by atoms with Gasteiger partial charge in [-0.15, -0.1) is 0 Å². The molecule has 0 aliphatic carbocycles. The summed E-state index contributed by atoms with van der Waals surface area (Å²) < 4.78 is 43.2. The maximum absolute atomic E-state index is 14.1. The summed E-state index contributed by atoms with van der Waals surface area (Å²) in [5.41, 5.74) is -1.42. The number of fused-ring (bicyclic) bond motifs is 4. The van der Waals surface area contributed by atoms with Gasteiger partial charge in [0.1, 0.15) is 22.8 Å². The fraction of sp³-hybridized carbons (Fsp3) is 0.381. The normalized spacial score (nSPS) is 23.6. The lowest BCUT2D eigenvalue weighted by Crippen LogP contribution is -2.48. The Kier molecular flexibility index (Phi) is 10.4. The molecular formula is C42H38Cl2F2N6O10. The summed E-state index contributed by atoms with van der Waals surface area (Å²) >= 11 is 11.5. The molecule has 4 aromatic rings. The van der Waals surface area contributed by atoms with Crippen LogP contribution < -0.4 is 21.5 Å². The van der Waals surface area contributed by atoms with Crippen molar-refractivity contribution in [2.75, 3.05) is 13.1 Å². The number of aromatic nitrogens is 2. The van der Waals surface area contributed by atoms with Crippen molar-refractivity contribution in [2.24, 2.45) is 0 Å². The van der Waals surface area contributed by atoms with Gasteiger partial charge >= 0.3 is 0 Å². The number of hydrogen-bond acceptors (Lipinski definition) is 10. The molecule has 4 amide bonds. The topological polar surface area (TPSA) is 202 Å². The van der Waals surface area contributed by atoms with Gasteiger partial charge in [-0.2, -0.15) is 0 Å². The van der Waals surface area contributed by atoms with Crippen LogP contribution in [0.25, 0.3) is 0 Å².